The predicted octanol–water partition coefficient (Wildman–Crippen LogP) is 3.73. The molecule has 1 heterocycles. The summed E-state index contributed by atoms with van der Waals surface area (Å²) in [4.78, 5) is 5.31. The van der Waals surface area contributed by atoms with Crippen LogP contribution in [0, 0.1) is 0 Å². The number of hydrogen-bond acceptors (Lipinski definition) is 3. The molecule has 1 aromatic heterocycles. The summed E-state index contributed by atoms with van der Waals surface area (Å²) in [6.45, 7) is 0. The molecule has 4 heteroatoms. The molecule has 1 aromatic carbocycles. The number of hydrogen-bond donors (Lipinski definition) is 1. The summed E-state index contributed by atoms with van der Waals surface area (Å²) in [6, 6.07) is 10.7. The number of aromatic nitrogens is 1. The Bertz CT molecular complexity index is 473. The molecule has 0 fully saturated rings. The Balaban J connectivity index is 1.99. The van der Waals surface area contributed by atoms with Crippen LogP contribution in [0.25, 0.3) is 0 Å². The molecule has 0 bridgehead atoms. The van der Waals surface area contributed by atoms with E-state index in [4.69, 9.17) is 16.7 Å². The molecule has 0 aliphatic rings. The fourth-order valence-electron chi connectivity index (χ4n) is 1.23. The Kier molecular flexibility index (Phi) is 3.70. The molecule has 0 saturated carbocycles. The highest BCUT2D eigenvalue weighted by Gasteiger charge is 1.98. The Labute approximate surface area is 103 Å². The topological polar surface area (TPSA) is 33.1 Å². The lowest BCUT2D eigenvalue weighted by Gasteiger charge is -2.01. The standard InChI is InChI=1S/C12H10ClNOS/c13-9-5-6-14-10(7-9)8-16-12-3-1-11(15)2-4-12/h1-7,15H,8H2. The molecule has 2 aromatic rings. The van der Waals surface area contributed by atoms with Crippen LogP contribution in [-0.2, 0) is 5.75 Å². The minimum Gasteiger partial charge on any atom is -0.508 e. The lowest BCUT2D eigenvalue weighted by molar-refractivity contribution is 0.475. The number of thioether (sulfide) groups is 1. The van der Waals surface area contributed by atoms with E-state index in [1.165, 1.54) is 0 Å². The van der Waals surface area contributed by atoms with Crippen molar-refractivity contribution in [2.24, 2.45) is 0 Å². The van der Waals surface area contributed by atoms with Gasteiger partial charge in [0.1, 0.15) is 5.75 Å². The van der Waals surface area contributed by atoms with Crippen LogP contribution in [0.3, 0.4) is 0 Å². The molecule has 0 saturated heterocycles. The summed E-state index contributed by atoms with van der Waals surface area (Å²) >= 11 is 7.52. The van der Waals surface area contributed by atoms with Crippen LogP contribution in [-0.4, -0.2) is 10.1 Å². The molecular weight excluding hydrogens is 242 g/mol. The number of phenols is 1. The van der Waals surface area contributed by atoms with E-state index >= 15 is 0 Å². The fraction of sp³-hybridized carbons (Fsp3) is 0.0833. The first-order valence-electron chi connectivity index (χ1n) is 4.76. The molecule has 82 valence electrons. The van der Waals surface area contributed by atoms with Crippen LogP contribution < -0.4 is 0 Å². The summed E-state index contributed by atoms with van der Waals surface area (Å²) in [7, 11) is 0. The molecule has 0 unspecified atom stereocenters. The van der Waals surface area contributed by atoms with Crippen LogP contribution in [0.15, 0.2) is 47.5 Å². The van der Waals surface area contributed by atoms with Crippen molar-refractivity contribution in [3.05, 3.63) is 53.3 Å². The van der Waals surface area contributed by atoms with Crippen molar-refractivity contribution in [1.29, 1.82) is 0 Å². The Morgan fingerprint density at radius 3 is 2.62 bits per heavy atom. The highest BCUT2D eigenvalue weighted by molar-refractivity contribution is 7.98. The van der Waals surface area contributed by atoms with Crippen molar-refractivity contribution in [2.75, 3.05) is 0 Å². The van der Waals surface area contributed by atoms with Crippen molar-refractivity contribution >= 4 is 23.4 Å². The van der Waals surface area contributed by atoms with Gasteiger partial charge < -0.3 is 5.11 Å². The Morgan fingerprint density at radius 2 is 1.94 bits per heavy atom. The molecule has 0 aliphatic carbocycles. The van der Waals surface area contributed by atoms with Gasteiger partial charge in [-0.2, -0.15) is 0 Å². The van der Waals surface area contributed by atoms with E-state index in [9.17, 15) is 0 Å². The summed E-state index contributed by atoms with van der Waals surface area (Å²) in [6.07, 6.45) is 1.70. The van der Waals surface area contributed by atoms with Gasteiger partial charge in [-0.15, -0.1) is 11.8 Å². The van der Waals surface area contributed by atoms with Crippen LogP contribution >= 0.6 is 23.4 Å². The van der Waals surface area contributed by atoms with Crippen molar-refractivity contribution in [3.8, 4) is 5.75 Å². The van der Waals surface area contributed by atoms with Gasteiger partial charge >= 0.3 is 0 Å². The van der Waals surface area contributed by atoms with Crippen molar-refractivity contribution in [2.45, 2.75) is 10.6 Å². The van der Waals surface area contributed by atoms with Crippen molar-refractivity contribution in [3.63, 3.8) is 0 Å². The first-order valence-corrected chi connectivity index (χ1v) is 6.13. The monoisotopic (exact) mass is 251 g/mol. The van der Waals surface area contributed by atoms with Gasteiger partial charge in [0.15, 0.2) is 0 Å². The van der Waals surface area contributed by atoms with Gasteiger partial charge in [-0.25, -0.2) is 0 Å². The van der Waals surface area contributed by atoms with Crippen LogP contribution in [0.4, 0.5) is 0 Å². The van der Waals surface area contributed by atoms with Gasteiger partial charge in [0.2, 0.25) is 0 Å². The number of nitrogens with zero attached hydrogens (tertiary/aromatic N) is 1. The molecule has 1 N–H and O–H groups in total. The molecule has 16 heavy (non-hydrogen) atoms. The second-order valence-corrected chi connectivity index (χ2v) is 4.73. The van der Waals surface area contributed by atoms with Gasteiger partial charge in [-0.3, -0.25) is 4.98 Å². The van der Waals surface area contributed by atoms with E-state index in [1.807, 2.05) is 18.2 Å². The molecule has 0 aliphatic heterocycles. The van der Waals surface area contributed by atoms with Crippen molar-refractivity contribution < 1.29 is 5.11 Å². The lowest BCUT2D eigenvalue weighted by atomic mass is 10.3. The normalized spacial score (nSPS) is 10.3. The molecule has 0 amide bonds. The maximum Gasteiger partial charge on any atom is 0.115 e. The van der Waals surface area contributed by atoms with E-state index in [0.717, 1.165) is 16.3 Å². The average molecular weight is 252 g/mol. The maximum absolute atomic E-state index is 9.14. The second-order valence-electron chi connectivity index (χ2n) is 3.25. The highest BCUT2D eigenvalue weighted by atomic mass is 35.5. The summed E-state index contributed by atoms with van der Waals surface area (Å²) in [5, 5.41) is 9.84. The molecular formula is C12H10ClNOS. The first-order chi connectivity index (χ1) is 7.74. The molecule has 0 radical (unpaired) electrons. The number of phenolic OH excluding ortho intramolecular Hbond substituents is 1. The van der Waals surface area contributed by atoms with Gasteiger partial charge in [0.05, 0.1) is 5.69 Å². The minimum atomic E-state index is 0.283. The summed E-state index contributed by atoms with van der Waals surface area (Å²) < 4.78 is 0. The summed E-state index contributed by atoms with van der Waals surface area (Å²) in [5.74, 6) is 1.05. The molecule has 2 rings (SSSR count). The number of aromatic hydroxyl groups is 1. The van der Waals surface area contributed by atoms with E-state index in [0.29, 0.717) is 5.02 Å². The third kappa shape index (κ3) is 3.15. The molecule has 0 spiro atoms. The van der Waals surface area contributed by atoms with Crippen molar-refractivity contribution in [1.82, 2.24) is 4.98 Å². The molecule has 2 nitrogen and oxygen atoms in total. The Hall–Kier alpha value is -1.19. The number of rotatable bonds is 3. The van der Waals surface area contributed by atoms with E-state index < -0.39 is 0 Å². The highest BCUT2D eigenvalue weighted by Crippen LogP contribution is 2.24. The largest absolute Gasteiger partial charge is 0.508 e. The second kappa shape index (κ2) is 5.23. The number of pyridine rings is 1. The minimum absolute atomic E-state index is 0.283. The zero-order chi connectivity index (χ0) is 11.4. The zero-order valence-corrected chi connectivity index (χ0v) is 10.0. The lowest BCUT2D eigenvalue weighted by Crippen LogP contribution is -1.85. The predicted molar refractivity (Wildman–Crippen MR) is 66.9 cm³/mol. The zero-order valence-electron chi connectivity index (χ0n) is 8.43. The Morgan fingerprint density at radius 1 is 1.19 bits per heavy atom. The maximum atomic E-state index is 9.14. The van der Waals surface area contributed by atoms with Gasteiger partial charge in [0, 0.05) is 21.9 Å². The van der Waals surface area contributed by atoms with Crippen LogP contribution in [0.5, 0.6) is 5.75 Å². The quantitative estimate of drug-likeness (QED) is 0.844. The SMILES string of the molecule is Oc1ccc(SCc2cc(Cl)ccn2)cc1. The number of halogens is 1. The smallest absolute Gasteiger partial charge is 0.115 e. The van der Waals surface area contributed by atoms with Crippen LogP contribution in [0.2, 0.25) is 5.02 Å². The average Bonchev–Trinajstić information content (AvgIpc) is 2.28. The molecule has 0 atom stereocenters. The third-order valence-corrected chi connectivity index (χ3v) is 3.28. The van der Waals surface area contributed by atoms with E-state index in [-0.39, 0.29) is 5.75 Å². The number of benzene rings is 1. The van der Waals surface area contributed by atoms with Gasteiger partial charge in [0.25, 0.3) is 0 Å². The summed E-state index contributed by atoms with van der Waals surface area (Å²) in [5.41, 5.74) is 0.950. The first kappa shape index (κ1) is 11.3. The van der Waals surface area contributed by atoms with Gasteiger partial charge in [-0.1, -0.05) is 11.6 Å². The third-order valence-electron chi connectivity index (χ3n) is 2.00. The van der Waals surface area contributed by atoms with Crippen LogP contribution in [0.1, 0.15) is 5.69 Å². The van der Waals surface area contributed by atoms with E-state index in [1.54, 1.807) is 36.2 Å². The van der Waals surface area contributed by atoms with E-state index in [2.05, 4.69) is 4.98 Å². The fourth-order valence-corrected chi connectivity index (χ4v) is 2.21. The van der Waals surface area contributed by atoms with Gasteiger partial charge in [-0.05, 0) is 36.4 Å².